The normalized spacial score (nSPS) is 10.6. The molecule has 0 unspecified atom stereocenters. The highest BCUT2D eigenvalue weighted by molar-refractivity contribution is 5.77. The number of nitrogens with zero attached hydrogens (tertiary/aromatic N) is 1. The zero-order chi connectivity index (χ0) is 18.4. The monoisotopic (exact) mass is 349 g/mol. The van der Waals surface area contributed by atoms with Gasteiger partial charge >= 0.3 is 6.61 Å². The van der Waals surface area contributed by atoms with E-state index in [0.29, 0.717) is 6.54 Å². The van der Waals surface area contributed by atoms with Crippen LogP contribution in [0.3, 0.4) is 0 Å². The summed E-state index contributed by atoms with van der Waals surface area (Å²) in [5.74, 6) is 0.638. The summed E-state index contributed by atoms with van der Waals surface area (Å²) in [6.07, 6.45) is 0. The van der Waals surface area contributed by atoms with E-state index in [1.807, 2.05) is 32.0 Å². The van der Waals surface area contributed by atoms with Crippen molar-refractivity contribution >= 4 is 5.91 Å². The molecular formula is C19H21F2NO3. The third-order valence-corrected chi connectivity index (χ3v) is 3.74. The van der Waals surface area contributed by atoms with Crippen molar-refractivity contribution in [3.63, 3.8) is 0 Å². The number of hydrogen-bond acceptors (Lipinski definition) is 3. The van der Waals surface area contributed by atoms with E-state index in [0.717, 1.165) is 22.4 Å². The molecule has 25 heavy (non-hydrogen) atoms. The summed E-state index contributed by atoms with van der Waals surface area (Å²) in [6.45, 7) is 1.30. The number of benzene rings is 2. The molecule has 2 aromatic carbocycles. The molecule has 6 heteroatoms. The van der Waals surface area contributed by atoms with Crippen LogP contribution in [-0.2, 0) is 11.3 Å². The van der Waals surface area contributed by atoms with Crippen molar-refractivity contribution in [2.24, 2.45) is 0 Å². The molecule has 4 nitrogen and oxygen atoms in total. The number of para-hydroxylation sites is 1. The first-order valence-corrected chi connectivity index (χ1v) is 7.83. The third-order valence-electron chi connectivity index (χ3n) is 3.74. The maximum atomic E-state index is 12.2. The number of likely N-dealkylation sites (N-methyl/N-ethyl adjacent to an activating group) is 1. The van der Waals surface area contributed by atoms with Gasteiger partial charge in [0.05, 0.1) is 0 Å². The molecule has 0 saturated heterocycles. The Morgan fingerprint density at radius 3 is 2.24 bits per heavy atom. The fourth-order valence-corrected chi connectivity index (χ4v) is 2.41. The molecule has 0 bridgehead atoms. The van der Waals surface area contributed by atoms with Gasteiger partial charge in [0.2, 0.25) is 0 Å². The summed E-state index contributed by atoms with van der Waals surface area (Å²) in [7, 11) is 1.67. The lowest BCUT2D eigenvalue weighted by Crippen LogP contribution is -2.31. The number of alkyl halides is 2. The zero-order valence-electron chi connectivity index (χ0n) is 14.5. The van der Waals surface area contributed by atoms with Gasteiger partial charge in [-0.2, -0.15) is 8.78 Å². The van der Waals surface area contributed by atoms with Gasteiger partial charge in [0.1, 0.15) is 11.5 Å². The molecule has 0 heterocycles. The molecule has 0 aliphatic carbocycles. The van der Waals surface area contributed by atoms with E-state index in [2.05, 4.69) is 4.74 Å². The van der Waals surface area contributed by atoms with Crippen LogP contribution >= 0.6 is 0 Å². The van der Waals surface area contributed by atoms with Gasteiger partial charge in [-0.1, -0.05) is 30.3 Å². The van der Waals surface area contributed by atoms with Crippen molar-refractivity contribution in [3.05, 3.63) is 59.2 Å². The van der Waals surface area contributed by atoms with Crippen LogP contribution < -0.4 is 9.47 Å². The van der Waals surface area contributed by atoms with Gasteiger partial charge in [0, 0.05) is 13.6 Å². The molecule has 0 saturated carbocycles. The number of carbonyl (C=O) groups excluding carboxylic acids is 1. The van der Waals surface area contributed by atoms with Crippen LogP contribution in [0.1, 0.15) is 16.7 Å². The summed E-state index contributed by atoms with van der Waals surface area (Å²) in [6, 6.07) is 12.0. The Kier molecular flexibility index (Phi) is 6.33. The lowest BCUT2D eigenvalue weighted by Gasteiger charge is -2.19. The standard InChI is InChI=1S/C19H21F2NO3/c1-13-5-4-6-14(2)18(13)24-12-17(23)22(3)11-15-7-9-16(10-8-15)25-19(20)21/h4-10,19H,11-12H2,1-3H3. The molecule has 0 aliphatic heterocycles. The van der Waals surface area contributed by atoms with Crippen molar-refractivity contribution in [1.82, 2.24) is 4.90 Å². The van der Waals surface area contributed by atoms with Gasteiger partial charge in [0.25, 0.3) is 5.91 Å². The first kappa shape index (κ1) is 18.7. The van der Waals surface area contributed by atoms with Gasteiger partial charge in [-0.25, -0.2) is 0 Å². The predicted octanol–water partition coefficient (Wildman–Crippen LogP) is 3.94. The minimum absolute atomic E-state index is 0.0607. The molecule has 0 aliphatic rings. The molecule has 2 aromatic rings. The number of amides is 1. The minimum Gasteiger partial charge on any atom is -0.483 e. The fraction of sp³-hybridized carbons (Fsp3) is 0.316. The van der Waals surface area contributed by atoms with E-state index >= 15 is 0 Å². The molecule has 0 radical (unpaired) electrons. The van der Waals surface area contributed by atoms with Crippen LogP contribution in [0.25, 0.3) is 0 Å². The maximum Gasteiger partial charge on any atom is 0.387 e. The molecule has 0 atom stereocenters. The molecule has 0 spiro atoms. The van der Waals surface area contributed by atoms with Crippen LogP contribution in [-0.4, -0.2) is 31.1 Å². The highest BCUT2D eigenvalue weighted by Gasteiger charge is 2.12. The van der Waals surface area contributed by atoms with Crippen molar-refractivity contribution in [2.75, 3.05) is 13.7 Å². The summed E-state index contributed by atoms with van der Waals surface area (Å²) in [5, 5.41) is 0. The quantitative estimate of drug-likeness (QED) is 0.760. The minimum atomic E-state index is -2.85. The van der Waals surface area contributed by atoms with Crippen LogP contribution in [0.5, 0.6) is 11.5 Å². The molecule has 1 amide bonds. The van der Waals surface area contributed by atoms with Crippen molar-refractivity contribution in [3.8, 4) is 11.5 Å². The van der Waals surface area contributed by atoms with Crippen LogP contribution in [0.2, 0.25) is 0 Å². The molecule has 134 valence electrons. The van der Waals surface area contributed by atoms with Crippen LogP contribution in [0, 0.1) is 13.8 Å². The van der Waals surface area contributed by atoms with Crippen LogP contribution in [0.4, 0.5) is 8.78 Å². The van der Waals surface area contributed by atoms with Crippen molar-refractivity contribution in [1.29, 1.82) is 0 Å². The van der Waals surface area contributed by atoms with Gasteiger partial charge in [-0.15, -0.1) is 0 Å². The summed E-state index contributed by atoms with van der Waals surface area (Å²) >= 11 is 0. The third kappa shape index (κ3) is 5.45. The second kappa shape index (κ2) is 8.46. The average molecular weight is 349 g/mol. The van der Waals surface area contributed by atoms with E-state index in [9.17, 15) is 13.6 Å². The van der Waals surface area contributed by atoms with E-state index in [4.69, 9.17) is 4.74 Å². The van der Waals surface area contributed by atoms with E-state index in [1.54, 1.807) is 19.2 Å². The molecule has 0 N–H and O–H groups in total. The zero-order valence-corrected chi connectivity index (χ0v) is 14.5. The smallest absolute Gasteiger partial charge is 0.387 e. The highest BCUT2D eigenvalue weighted by atomic mass is 19.3. The Balaban J connectivity index is 1.89. The van der Waals surface area contributed by atoms with E-state index < -0.39 is 6.61 Å². The Morgan fingerprint density at radius 1 is 1.08 bits per heavy atom. The first-order chi connectivity index (χ1) is 11.9. The Bertz CT molecular complexity index is 697. The second-order valence-electron chi connectivity index (χ2n) is 5.78. The first-order valence-electron chi connectivity index (χ1n) is 7.83. The SMILES string of the molecule is Cc1cccc(C)c1OCC(=O)N(C)Cc1ccc(OC(F)F)cc1. The average Bonchev–Trinajstić information content (AvgIpc) is 2.55. The van der Waals surface area contributed by atoms with E-state index in [-0.39, 0.29) is 18.3 Å². The summed E-state index contributed by atoms with van der Waals surface area (Å²) < 4.78 is 34.2. The topological polar surface area (TPSA) is 38.8 Å². The maximum absolute atomic E-state index is 12.2. The van der Waals surface area contributed by atoms with Gasteiger partial charge in [-0.3, -0.25) is 4.79 Å². The Labute approximate surface area is 146 Å². The number of hydrogen-bond donors (Lipinski definition) is 0. The molecule has 0 aromatic heterocycles. The molecule has 2 rings (SSSR count). The highest BCUT2D eigenvalue weighted by Crippen LogP contribution is 2.22. The van der Waals surface area contributed by atoms with Crippen LogP contribution in [0.15, 0.2) is 42.5 Å². The second-order valence-corrected chi connectivity index (χ2v) is 5.78. The molecular weight excluding hydrogens is 328 g/mol. The fourth-order valence-electron chi connectivity index (χ4n) is 2.41. The molecule has 0 fully saturated rings. The number of carbonyl (C=O) groups is 1. The predicted molar refractivity (Wildman–Crippen MR) is 91.0 cm³/mol. The van der Waals surface area contributed by atoms with Gasteiger partial charge in [0.15, 0.2) is 6.61 Å². The van der Waals surface area contributed by atoms with Gasteiger partial charge < -0.3 is 14.4 Å². The Hall–Kier alpha value is -2.63. The number of rotatable bonds is 7. The number of halogens is 2. The lowest BCUT2D eigenvalue weighted by atomic mass is 10.1. The van der Waals surface area contributed by atoms with Crippen molar-refractivity contribution < 1.29 is 23.0 Å². The number of aryl methyl sites for hydroxylation is 2. The van der Waals surface area contributed by atoms with E-state index in [1.165, 1.54) is 17.0 Å². The lowest BCUT2D eigenvalue weighted by molar-refractivity contribution is -0.132. The Morgan fingerprint density at radius 2 is 1.68 bits per heavy atom. The summed E-state index contributed by atoms with van der Waals surface area (Å²) in [5.41, 5.74) is 2.76. The summed E-state index contributed by atoms with van der Waals surface area (Å²) in [4.78, 5) is 13.8. The number of ether oxygens (including phenoxy) is 2. The van der Waals surface area contributed by atoms with Gasteiger partial charge in [-0.05, 0) is 42.7 Å². The largest absolute Gasteiger partial charge is 0.483 e. The van der Waals surface area contributed by atoms with Crippen molar-refractivity contribution in [2.45, 2.75) is 27.0 Å².